The third-order valence-corrected chi connectivity index (χ3v) is 3.90. The number of carbonyl (C=O) groups excluding carboxylic acids is 1. The minimum Gasteiger partial charge on any atom is -0.469 e. The molecule has 1 aromatic carbocycles. The van der Waals surface area contributed by atoms with Crippen LogP contribution < -0.4 is 10.2 Å². The first-order chi connectivity index (χ1) is 9.19. The normalized spacial score (nSPS) is 18.6. The van der Waals surface area contributed by atoms with E-state index in [1.165, 1.54) is 12.8 Å². The van der Waals surface area contributed by atoms with Crippen molar-refractivity contribution in [2.45, 2.75) is 18.9 Å². The largest absolute Gasteiger partial charge is 0.469 e. The second-order valence-corrected chi connectivity index (χ2v) is 5.60. The van der Waals surface area contributed by atoms with Crippen LogP contribution in [0.1, 0.15) is 12.8 Å². The van der Waals surface area contributed by atoms with Crippen LogP contribution in [0.25, 0.3) is 0 Å². The van der Waals surface area contributed by atoms with Crippen LogP contribution in [-0.4, -0.2) is 38.8 Å². The topological polar surface area (TPSA) is 41.6 Å². The van der Waals surface area contributed by atoms with Crippen molar-refractivity contribution in [3.05, 3.63) is 28.7 Å². The van der Waals surface area contributed by atoms with Crippen molar-refractivity contribution in [2.24, 2.45) is 0 Å². The third-order valence-electron chi connectivity index (χ3n) is 3.37. The van der Waals surface area contributed by atoms with Crippen LogP contribution in [0.2, 0.25) is 0 Å². The number of methoxy groups -OCH3 is 1. The predicted octanol–water partition coefficient (Wildman–Crippen LogP) is 2.18. The maximum Gasteiger partial charge on any atom is 0.306 e. The van der Waals surface area contributed by atoms with Gasteiger partial charge in [0.15, 0.2) is 0 Å². The number of nitrogens with one attached hydrogen (secondary N) is 1. The van der Waals surface area contributed by atoms with E-state index in [0.29, 0.717) is 19.0 Å². The van der Waals surface area contributed by atoms with Crippen molar-refractivity contribution >= 4 is 27.6 Å². The number of ether oxygens (including phenoxy) is 1. The summed E-state index contributed by atoms with van der Waals surface area (Å²) in [5.41, 5.74) is 1.25. The average molecular weight is 327 g/mol. The molecule has 0 aromatic heterocycles. The van der Waals surface area contributed by atoms with Gasteiger partial charge in [0.2, 0.25) is 0 Å². The molecule has 1 fully saturated rings. The van der Waals surface area contributed by atoms with Gasteiger partial charge >= 0.3 is 5.97 Å². The van der Waals surface area contributed by atoms with E-state index in [-0.39, 0.29) is 5.97 Å². The fourth-order valence-corrected chi connectivity index (χ4v) is 2.56. The van der Waals surface area contributed by atoms with Crippen LogP contribution in [0.15, 0.2) is 28.7 Å². The number of rotatable bonds is 5. The smallest absolute Gasteiger partial charge is 0.306 e. The summed E-state index contributed by atoms with van der Waals surface area (Å²) in [6, 6.07) is 8.83. The Kier molecular flexibility index (Phi) is 5.22. The van der Waals surface area contributed by atoms with Gasteiger partial charge in [-0.05, 0) is 30.7 Å². The number of nitrogens with zero attached hydrogens (tertiary/aromatic N) is 1. The molecule has 1 heterocycles. The standard InChI is InChI=1S/C14H19BrN2O2/c1-19-14(18)6-8-16-12-7-9-17(10-12)13-4-2-11(15)3-5-13/h2-5,12,16H,6-10H2,1H3. The first-order valence-corrected chi connectivity index (χ1v) is 7.29. The molecule has 1 N–H and O–H groups in total. The summed E-state index contributed by atoms with van der Waals surface area (Å²) in [6.45, 7) is 2.73. The van der Waals surface area contributed by atoms with E-state index >= 15 is 0 Å². The number of hydrogen-bond acceptors (Lipinski definition) is 4. The summed E-state index contributed by atoms with van der Waals surface area (Å²) in [5, 5.41) is 3.41. The van der Waals surface area contributed by atoms with Crippen molar-refractivity contribution in [2.75, 3.05) is 31.6 Å². The summed E-state index contributed by atoms with van der Waals surface area (Å²) in [7, 11) is 1.42. The van der Waals surface area contributed by atoms with Crippen LogP contribution in [0.4, 0.5) is 5.69 Å². The predicted molar refractivity (Wildman–Crippen MR) is 79.4 cm³/mol. The molecular formula is C14H19BrN2O2. The maximum atomic E-state index is 11.0. The first-order valence-electron chi connectivity index (χ1n) is 6.50. The van der Waals surface area contributed by atoms with Crippen LogP contribution in [0, 0.1) is 0 Å². The van der Waals surface area contributed by atoms with Gasteiger partial charge in [-0.3, -0.25) is 4.79 Å². The van der Waals surface area contributed by atoms with Crippen molar-refractivity contribution < 1.29 is 9.53 Å². The minimum atomic E-state index is -0.157. The summed E-state index contributed by atoms with van der Waals surface area (Å²) >= 11 is 3.45. The molecule has 0 bridgehead atoms. The van der Waals surface area contributed by atoms with Gasteiger partial charge in [0, 0.05) is 35.8 Å². The highest BCUT2D eigenvalue weighted by Gasteiger charge is 2.22. The lowest BCUT2D eigenvalue weighted by atomic mass is 10.2. The third kappa shape index (κ3) is 4.21. The molecule has 0 aliphatic carbocycles. The van der Waals surface area contributed by atoms with Crippen LogP contribution >= 0.6 is 15.9 Å². The van der Waals surface area contributed by atoms with E-state index in [2.05, 4.69) is 55.1 Å². The van der Waals surface area contributed by atoms with Crippen LogP contribution in [-0.2, 0) is 9.53 Å². The van der Waals surface area contributed by atoms with E-state index in [0.717, 1.165) is 24.0 Å². The van der Waals surface area contributed by atoms with E-state index < -0.39 is 0 Å². The molecule has 4 nitrogen and oxygen atoms in total. The first kappa shape index (κ1) is 14.3. The second-order valence-electron chi connectivity index (χ2n) is 4.69. The second kappa shape index (κ2) is 6.91. The number of benzene rings is 1. The Morgan fingerprint density at radius 2 is 2.21 bits per heavy atom. The summed E-state index contributed by atoms with van der Waals surface area (Å²) in [4.78, 5) is 13.4. The van der Waals surface area contributed by atoms with E-state index in [1.54, 1.807) is 0 Å². The Balaban J connectivity index is 1.77. The van der Waals surface area contributed by atoms with Gasteiger partial charge < -0.3 is 15.0 Å². The molecule has 0 spiro atoms. The average Bonchev–Trinajstić information content (AvgIpc) is 2.88. The molecule has 1 aromatic rings. The van der Waals surface area contributed by atoms with Gasteiger partial charge in [-0.2, -0.15) is 0 Å². The Morgan fingerprint density at radius 3 is 2.89 bits per heavy atom. The van der Waals surface area contributed by atoms with E-state index in [9.17, 15) is 4.79 Å². The highest BCUT2D eigenvalue weighted by molar-refractivity contribution is 9.10. The lowest BCUT2D eigenvalue weighted by Gasteiger charge is -2.19. The van der Waals surface area contributed by atoms with Crippen LogP contribution in [0.3, 0.4) is 0 Å². The van der Waals surface area contributed by atoms with Gasteiger partial charge in [-0.15, -0.1) is 0 Å². The lowest BCUT2D eigenvalue weighted by Crippen LogP contribution is -2.34. The number of esters is 1. The zero-order valence-electron chi connectivity index (χ0n) is 11.1. The van der Waals surface area contributed by atoms with Crippen molar-refractivity contribution in [1.29, 1.82) is 0 Å². The molecule has 1 aliphatic rings. The molecule has 2 rings (SSSR count). The van der Waals surface area contributed by atoms with Gasteiger partial charge in [-0.25, -0.2) is 0 Å². The number of anilines is 1. The zero-order valence-corrected chi connectivity index (χ0v) is 12.6. The van der Waals surface area contributed by atoms with Crippen molar-refractivity contribution in [3.63, 3.8) is 0 Å². The Morgan fingerprint density at radius 1 is 1.47 bits per heavy atom. The van der Waals surface area contributed by atoms with E-state index in [4.69, 9.17) is 0 Å². The lowest BCUT2D eigenvalue weighted by molar-refractivity contribution is -0.140. The van der Waals surface area contributed by atoms with Crippen molar-refractivity contribution in [3.8, 4) is 0 Å². The molecule has 1 atom stereocenters. The van der Waals surface area contributed by atoms with Crippen LogP contribution in [0.5, 0.6) is 0 Å². The molecule has 5 heteroatoms. The Bertz CT molecular complexity index is 422. The molecule has 1 saturated heterocycles. The molecule has 104 valence electrons. The van der Waals surface area contributed by atoms with Crippen molar-refractivity contribution in [1.82, 2.24) is 5.32 Å². The minimum absolute atomic E-state index is 0.157. The molecule has 19 heavy (non-hydrogen) atoms. The maximum absolute atomic E-state index is 11.0. The molecule has 0 amide bonds. The fraction of sp³-hybridized carbons (Fsp3) is 0.500. The number of hydrogen-bond donors (Lipinski definition) is 1. The quantitative estimate of drug-likeness (QED) is 0.842. The van der Waals surface area contributed by atoms with E-state index in [1.807, 2.05) is 0 Å². The molecular weight excluding hydrogens is 308 g/mol. The monoisotopic (exact) mass is 326 g/mol. The van der Waals surface area contributed by atoms with Gasteiger partial charge in [-0.1, -0.05) is 15.9 Å². The number of carbonyl (C=O) groups is 1. The summed E-state index contributed by atoms with van der Waals surface area (Å²) in [5.74, 6) is -0.157. The Hall–Kier alpha value is -1.07. The summed E-state index contributed by atoms with van der Waals surface area (Å²) < 4.78 is 5.72. The highest BCUT2D eigenvalue weighted by atomic mass is 79.9. The molecule has 1 aliphatic heterocycles. The Labute approximate surface area is 122 Å². The number of halogens is 1. The molecule has 1 unspecified atom stereocenters. The molecule has 0 saturated carbocycles. The SMILES string of the molecule is COC(=O)CCNC1CCN(c2ccc(Br)cc2)C1. The highest BCUT2D eigenvalue weighted by Crippen LogP contribution is 2.22. The van der Waals surface area contributed by atoms with Gasteiger partial charge in [0.1, 0.15) is 0 Å². The summed E-state index contributed by atoms with van der Waals surface area (Å²) in [6.07, 6.45) is 1.54. The zero-order chi connectivity index (χ0) is 13.7. The van der Waals surface area contributed by atoms with Gasteiger partial charge in [0.05, 0.1) is 13.5 Å². The molecule has 0 radical (unpaired) electrons. The fourth-order valence-electron chi connectivity index (χ4n) is 2.29. The van der Waals surface area contributed by atoms with Gasteiger partial charge in [0.25, 0.3) is 0 Å².